The van der Waals surface area contributed by atoms with Crippen molar-refractivity contribution < 1.29 is 4.42 Å². The third-order valence-corrected chi connectivity index (χ3v) is 13.5. The quantitative estimate of drug-likeness (QED) is 0.166. The van der Waals surface area contributed by atoms with Crippen LogP contribution in [0.3, 0.4) is 0 Å². The molecular weight excluding hydrogens is 751 g/mol. The van der Waals surface area contributed by atoms with Crippen LogP contribution >= 0.6 is 0 Å². The summed E-state index contributed by atoms with van der Waals surface area (Å²) < 4.78 is 6.33. The van der Waals surface area contributed by atoms with Gasteiger partial charge in [0.05, 0.1) is 0 Å². The van der Waals surface area contributed by atoms with E-state index in [-0.39, 0.29) is 28.4 Å². The van der Waals surface area contributed by atoms with E-state index in [9.17, 15) is 0 Å². The first-order valence-corrected chi connectivity index (χ1v) is 22.5. The molecule has 3 nitrogen and oxygen atoms in total. The number of fused-ring (bicyclic) bond motifs is 7. The summed E-state index contributed by atoms with van der Waals surface area (Å²) in [5, 5.41) is 2.30. The molecule has 0 unspecified atom stereocenters. The topological polar surface area (TPSA) is 19.6 Å². The van der Waals surface area contributed by atoms with Gasteiger partial charge in [0.25, 0.3) is 6.71 Å². The summed E-state index contributed by atoms with van der Waals surface area (Å²) in [6, 6.07) is 53.0. The van der Waals surface area contributed by atoms with Gasteiger partial charge in [0.2, 0.25) is 0 Å². The smallest absolute Gasteiger partial charge is 0.252 e. The first-order chi connectivity index (χ1) is 29.3. The summed E-state index contributed by atoms with van der Waals surface area (Å²) in [6.45, 7) is 28.0. The zero-order valence-electron chi connectivity index (χ0n) is 38.7. The van der Waals surface area contributed by atoms with Crippen LogP contribution in [0.15, 0.2) is 144 Å². The summed E-state index contributed by atoms with van der Waals surface area (Å²) in [4.78, 5) is 5.14. The number of furan rings is 1. The molecule has 10 rings (SSSR count). The van der Waals surface area contributed by atoms with E-state index in [0.29, 0.717) is 0 Å². The Morgan fingerprint density at radius 1 is 0.403 bits per heavy atom. The van der Waals surface area contributed by atoms with Gasteiger partial charge < -0.3 is 14.2 Å². The minimum atomic E-state index is -0.103. The molecule has 0 saturated carbocycles. The number of para-hydroxylation sites is 1. The van der Waals surface area contributed by atoms with E-state index in [0.717, 1.165) is 27.6 Å². The van der Waals surface area contributed by atoms with Crippen molar-refractivity contribution in [1.82, 2.24) is 0 Å². The van der Waals surface area contributed by atoms with Gasteiger partial charge in [-0.25, -0.2) is 0 Å². The first-order valence-electron chi connectivity index (χ1n) is 22.5. The first kappa shape index (κ1) is 40.1. The summed E-state index contributed by atoms with van der Waals surface area (Å²) in [7, 11) is 0. The molecule has 0 N–H and O–H groups in total. The van der Waals surface area contributed by atoms with Crippen LogP contribution in [0.25, 0.3) is 33.1 Å². The largest absolute Gasteiger partial charge is 0.456 e. The second-order valence-corrected chi connectivity index (χ2v) is 21.9. The summed E-state index contributed by atoms with van der Waals surface area (Å²) in [5.41, 5.74) is 20.8. The van der Waals surface area contributed by atoms with Crippen LogP contribution in [0, 0.1) is 0 Å². The molecule has 0 radical (unpaired) electrons. The second kappa shape index (κ2) is 13.8. The number of rotatable bonds is 3. The Labute approximate surface area is 369 Å². The highest BCUT2D eigenvalue weighted by molar-refractivity contribution is 7.00. The zero-order chi connectivity index (χ0) is 43.7. The Kier molecular flexibility index (Phi) is 8.89. The van der Waals surface area contributed by atoms with Crippen molar-refractivity contribution in [2.75, 3.05) is 9.80 Å². The average Bonchev–Trinajstić information content (AvgIpc) is 3.61. The van der Waals surface area contributed by atoms with Crippen molar-refractivity contribution in [3.05, 3.63) is 162 Å². The van der Waals surface area contributed by atoms with Gasteiger partial charge in [-0.1, -0.05) is 162 Å². The predicted molar refractivity (Wildman–Crippen MR) is 268 cm³/mol. The van der Waals surface area contributed by atoms with Gasteiger partial charge in [-0.05, 0) is 132 Å². The van der Waals surface area contributed by atoms with Crippen molar-refractivity contribution >= 4 is 79.2 Å². The van der Waals surface area contributed by atoms with Crippen molar-refractivity contribution in [3.8, 4) is 11.1 Å². The van der Waals surface area contributed by atoms with Crippen LogP contribution in [0.4, 0.5) is 34.1 Å². The Morgan fingerprint density at radius 3 is 1.55 bits per heavy atom. The number of anilines is 6. The number of hydrogen-bond donors (Lipinski definition) is 0. The average molecular weight is 811 g/mol. The zero-order valence-corrected chi connectivity index (χ0v) is 38.7. The van der Waals surface area contributed by atoms with Crippen LogP contribution in [-0.4, -0.2) is 6.71 Å². The Morgan fingerprint density at radius 2 is 0.919 bits per heavy atom. The Hall–Kier alpha value is -6.00. The maximum absolute atomic E-state index is 6.33. The molecule has 310 valence electrons. The summed E-state index contributed by atoms with van der Waals surface area (Å²) in [6.07, 6.45) is 0. The van der Waals surface area contributed by atoms with E-state index in [1.165, 1.54) is 78.2 Å². The van der Waals surface area contributed by atoms with Crippen LogP contribution < -0.4 is 26.2 Å². The van der Waals surface area contributed by atoms with Gasteiger partial charge in [-0.2, -0.15) is 0 Å². The highest BCUT2D eigenvalue weighted by atomic mass is 16.3. The molecule has 0 fully saturated rings. The van der Waals surface area contributed by atoms with Crippen LogP contribution in [0.5, 0.6) is 0 Å². The number of benzene rings is 7. The second-order valence-electron chi connectivity index (χ2n) is 21.9. The lowest BCUT2D eigenvalue weighted by molar-refractivity contribution is 0.589. The maximum Gasteiger partial charge on any atom is 0.252 e. The maximum atomic E-state index is 6.33. The van der Waals surface area contributed by atoms with Crippen LogP contribution in [0.2, 0.25) is 0 Å². The molecule has 4 heteroatoms. The van der Waals surface area contributed by atoms with Gasteiger partial charge in [-0.3, -0.25) is 0 Å². The molecule has 0 bridgehead atoms. The van der Waals surface area contributed by atoms with Gasteiger partial charge in [0.1, 0.15) is 11.2 Å². The van der Waals surface area contributed by atoms with Gasteiger partial charge in [-0.15, -0.1) is 0 Å². The summed E-state index contributed by atoms with van der Waals surface area (Å²) >= 11 is 0. The summed E-state index contributed by atoms with van der Waals surface area (Å²) in [5.74, 6) is 0. The number of hydrogen-bond acceptors (Lipinski definition) is 3. The predicted octanol–water partition coefficient (Wildman–Crippen LogP) is 14.5. The van der Waals surface area contributed by atoms with Crippen molar-refractivity contribution in [1.29, 1.82) is 0 Å². The Bertz CT molecular complexity index is 3050. The van der Waals surface area contributed by atoms with E-state index in [4.69, 9.17) is 4.42 Å². The van der Waals surface area contributed by atoms with Gasteiger partial charge in [0, 0.05) is 44.9 Å². The van der Waals surface area contributed by atoms with Gasteiger partial charge in [0.15, 0.2) is 0 Å². The standard InChI is InChI=1S/C58H59BN2O/c1-55(2,3)37-22-28-42(29-23-37)60-47-31-25-38(56(4,5)6)32-46(47)59-45-30-24-39(57(7,8)9)33-48(45)61(50-35-40(58(10,11)12)34-49(60)54(50)59)41-26-20-36(21-27-41)43-17-15-19-52-53(43)44-16-13-14-18-51(44)62-52/h13-35H,1-12H3. The van der Waals surface area contributed by atoms with Crippen molar-refractivity contribution in [2.45, 2.75) is 105 Å². The van der Waals surface area contributed by atoms with Crippen LogP contribution in [0.1, 0.15) is 105 Å². The molecule has 2 aliphatic heterocycles. The van der Waals surface area contributed by atoms with Crippen molar-refractivity contribution in [3.63, 3.8) is 0 Å². The minimum absolute atomic E-state index is 0.0120. The molecule has 0 amide bonds. The Balaban J connectivity index is 1.25. The molecule has 7 aromatic carbocycles. The monoisotopic (exact) mass is 810 g/mol. The molecular formula is C58H59BN2O. The number of nitrogens with zero attached hydrogens (tertiary/aromatic N) is 2. The third-order valence-electron chi connectivity index (χ3n) is 13.5. The molecule has 0 saturated heterocycles. The van der Waals surface area contributed by atoms with E-state index in [1.54, 1.807) is 0 Å². The highest BCUT2D eigenvalue weighted by Crippen LogP contribution is 2.48. The lowest BCUT2D eigenvalue weighted by Crippen LogP contribution is -2.61. The van der Waals surface area contributed by atoms with Gasteiger partial charge >= 0.3 is 0 Å². The normalized spacial score (nSPS) is 14.0. The lowest BCUT2D eigenvalue weighted by atomic mass is 9.33. The fourth-order valence-corrected chi connectivity index (χ4v) is 9.84. The lowest BCUT2D eigenvalue weighted by Gasteiger charge is -2.45. The third kappa shape index (κ3) is 6.48. The SMILES string of the molecule is CC(C)(C)c1ccc(N2c3ccc(C(C)(C)C)cc3B3c4ccc(C(C)(C)C)cc4N(c4ccc(-c5cccc6oc7ccccc7c56)cc4)c4cc(C(C)(C)C)cc2c43)cc1. The molecule has 62 heavy (non-hydrogen) atoms. The molecule has 0 spiro atoms. The molecule has 3 heterocycles. The molecule has 0 aliphatic carbocycles. The fourth-order valence-electron chi connectivity index (χ4n) is 9.84. The fraction of sp³-hybridized carbons (Fsp3) is 0.276. The molecule has 0 atom stereocenters. The highest BCUT2D eigenvalue weighted by Gasteiger charge is 2.45. The van der Waals surface area contributed by atoms with E-state index in [2.05, 4.69) is 226 Å². The van der Waals surface area contributed by atoms with Crippen LogP contribution in [-0.2, 0) is 21.7 Å². The van der Waals surface area contributed by atoms with E-state index < -0.39 is 0 Å². The molecule has 8 aromatic rings. The molecule has 2 aliphatic rings. The molecule has 1 aromatic heterocycles. The minimum Gasteiger partial charge on any atom is -0.456 e. The van der Waals surface area contributed by atoms with Crippen molar-refractivity contribution in [2.24, 2.45) is 0 Å². The van der Waals surface area contributed by atoms with E-state index in [1.807, 2.05) is 6.07 Å². The van der Waals surface area contributed by atoms with E-state index >= 15 is 0 Å².